The lowest BCUT2D eigenvalue weighted by Crippen LogP contribution is -2.47. The zero-order chi connectivity index (χ0) is 12.0. The Labute approximate surface area is 101 Å². The Kier molecular flexibility index (Phi) is 2.48. The van der Waals surface area contributed by atoms with Crippen LogP contribution in [0, 0.1) is 5.41 Å². The van der Waals surface area contributed by atoms with Gasteiger partial charge < -0.3 is 9.67 Å². The van der Waals surface area contributed by atoms with Crippen LogP contribution >= 0.6 is 0 Å². The molecule has 94 valence electrons. The largest absolute Gasteiger partial charge is 0.391 e. The van der Waals surface area contributed by atoms with E-state index in [1.165, 1.54) is 0 Å². The molecule has 3 rings (SSSR count). The highest BCUT2D eigenvalue weighted by Gasteiger charge is 2.44. The molecule has 0 aromatic carbocycles. The Bertz CT molecular complexity index is 414. The summed E-state index contributed by atoms with van der Waals surface area (Å²) >= 11 is 0. The van der Waals surface area contributed by atoms with Gasteiger partial charge in [0.05, 0.1) is 12.6 Å². The molecule has 1 saturated carbocycles. The van der Waals surface area contributed by atoms with Crippen molar-refractivity contribution in [1.82, 2.24) is 19.7 Å². The molecule has 2 unspecified atom stereocenters. The van der Waals surface area contributed by atoms with Crippen LogP contribution in [0.25, 0.3) is 0 Å². The van der Waals surface area contributed by atoms with Crippen LogP contribution in [0.1, 0.15) is 32.5 Å². The Morgan fingerprint density at radius 2 is 2.24 bits per heavy atom. The summed E-state index contributed by atoms with van der Waals surface area (Å²) in [4.78, 5) is 2.36. The maximum atomic E-state index is 10.4. The van der Waals surface area contributed by atoms with Crippen molar-refractivity contribution in [3.63, 3.8) is 0 Å². The molecule has 0 spiro atoms. The molecule has 17 heavy (non-hydrogen) atoms. The van der Waals surface area contributed by atoms with Gasteiger partial charge >= 0.3 is 0 Å². The number of aliphatic hydroxyl groups is 1. The van der Waals surface area contributed by atoms with Crippen LogP contribution in [0.15, 0.2) is 6.33 Å². The number of rotatable bonds is 1. The molecule has 1 aromatic heterocycles. The third kappa shape index (κ3) is 1.77. The lowest BCUT2D eigenvalue weighted by Gasteiger charge is -2.36. The van der Waals surface area contributed by atoms with Crippen molar-refractivity contribution in [1.29, 1.82) is 0 Å². The average Bonchev–Trinajstić information content (AvgIpc) is 2.84. The topological polar surface area (TPSA) is 54.2 Å². The summed E-state index contributed by atoms with van der Waals surface area (Å²) in [6.07, 6.45) is 3.75. The third-order valence-electron chi connectivity index (χ3n) is 4.39. The minimum absolute atomic E-state index is 0.0514. The summed E-state index contributed by atoms with van der Waals surface area (Å²) in [5.41, 5.74) is 0.0514. The Morgan fingerprint density at radius 1 is 1.41 bits per heavy atom. The first-order valence-electron chi connectivity index (χ1n) is 6.37. The van der Waals surface area contributed by atoms with Crippen LogP contribution in [0.2, 0.25) is 0 Å². The van der Waals surface area contributed by atoms with Crippen molar-refractivity contribution < 1.29 is 5.11 Å². The molecular weight excluding hydrogens is 216 g/mol. The summed E-state index contributed by atoms with van der Waals surface area (Å²) in [7, 11) is 0. The number of hydrogen-bond acceptors (Lipinski definition) is 4. The van der Waals surface area contributed by atoms with E-state index in [9.17, 15) is 5.11 Å². The smallest absolute Gasteiger partial charge is 0.147 e. The fourth-order valence-corrected chi connectivity index (χ4v) is 3.10. The van der Waals surface area contributed by atoms with Gasteiger partial charge in [-0.2, -0.15) is 0 Å². The molecule has 1 N–H and O–H groups in total. The molecule has 5 heteroatoms. The van der Waals surface area contributed by atoms with E-state index in [1.807, 2.05) is 0 Å². The molecular formula is C12H20N4O. The van der Waals surface area contributed by atoms with E-state index in [4.69, 9.17) is 0 Å². The van der Waals surface area contributed by atoms with Crippen molar-refractivity contribution in [3.8, 4) is 0 Å². The maximum Gasteiger partial charge on any atom is 0.147 e. The summed E-state index contributed by atoms with van der Waals surface area (Å²) in [6.45, 7) is 7.06. The van der Waals surface area contributed by atoms with Crippen molar-refractivity contribution >= 4 is 0 Å². The minimum Gasteiger partial charge on any atom is -0.391 e. The monoisotopic (exact) mass is 236 g/mol. The van der Waals surface area contributed by atoms with Crippen LogP contribution in [0.4, 0.5) is 0 Å². The van der Waals surface area contributed by atoms with Crippen molar-refractivity contribution in [2.45, 2.75) is 51.9 Å². The molecule has 0 radical (unpaired) electrons. The quantitative estimate of drug-likeness (QED) is 0.777. The van der Waals surface area contributed by atoms with Gasteiger partial charge in [0, 0.05) is 19.1 Å². The van der Waals surface area contributed by atoms with E-state index >= 15 is 0 Å². The van der Waals surface area contributed by atoms with Gasteiger partial charge in [-0.25, -0.2) is 0 Å². The van der Waals surface area contributed by atoms with E-state index in [1.54, 1.807) is 6.33 Å². The number of hydrogen-bond donors (Lipinski definition) is 1. The van der Waals surface area contributed by atoms with Crippen molar-refractivity contribution in [3.05, 3.63) is 12.2 Å². The fraction of sp³-hybridized carbons (Fsp3) is 0.833. The summed E-state index contributed by atoms with van der Waals surface area (Å²) in [5, 5.41) is 18.4. The highest BCUT2D eigenvalue weighted by molar-refractivity contribution is 5.00. The minimum atomic E-state index is -0.225. The van der Waals surface area contributed by atoms with Gasteiger partial charge in [-0.3, -0.25) is 4.90 Å². The highest BCUT2D eigenvalue weighted by Crippen LogP contribution is 2.40. The number of fused-ring (bicyclic) bond motifs is 1. The molecule has 1 aromatic rings. The number of aromatic nitrogens is 3. The van der Waals surface area contributed by atoms with Gasteiger partial charge in [0.15, 0.2) is 0 Å². The predicted molar refractivity (Wildman–Crippen MR) is 63.2 cm³/mol. The van der Waals surface area contributed by atoms with Crippen LogP contribution in [0.5, 0.6) is 0 Å². The first kappa shape index (κ1) is 11.2. The molecule has 2 heterocycles. The van der Waals surface area contributed by atoms with Gasteiger partial charge in [0.25, 0.3) is 0 Å². The van der Waals surface area contributed by atoms with Crippen LogP contribution in [-0.4, -0.2) is 43.5 Å². The van der Waals surface area contributed by atoms with Gasteiger partial charge in [-0.1, -0.05) is 13.8 Å². The van der Waals surface area contributed by atoms with Crippen LogP contribution in [-0.2, 0) is 13.1 Å². The Morgan fingerprint density at radius 3 is 2.94 bits per heavy atom. The van der Waals surface area contributed by atoms with E-state index < -0.39 is 0 Å². The first-order valence-corrected chi connectivity index (χ1v) is 6.37. The van der Waals surface area contributed by atoms with E-state index in [-0.39, 0.29) is 17.6 Å². The van der Waals surface area contributed by atoms with Gasteiger partial charge in [-0.15, -0.1) is 10.2 Å². The molecule has 1 aliphatic carbocycles. The van der Waals surface area contributed by atoms with Crippen LogP contribution in [0.3, 0.4) is 0 Å². The molecule has 2 atom stereocenters. The second-order valence-corrected chi connectivity index (χ2v) is 5.95. The third-order valence-corrected chi connectivity index (χ3v) is 4.39. The second-order valence-electron chi connectivity index (χ2n) is 5.95. The van der Waals surface area contributed by atoms with E-state index in [2.05, 4.69) is 33.5 Å². The zero-order valence-corrected chi connectivity index (χ0v) is 10.5. The molecule has 0 bridgehead atoms. The molecule has 1 fully saturated rings. The Hall–Kier alpha value is -0.940. The lowest BCUT2D eigenvalue weighted by atomic mass is 9.88. The summed E-state index contributed by atoms with van der Waals surface area (Å²) < 4.78 is 2.10. The van der Waals surface area contributed by atoms with Crippen molar-refractivity contribution in [2.75, 3.05) is 6.54 Å². The zero-order valence-electron chi connectivity index (χ0n) is 10.5. The summed E-state index contributed by atoms with van der Waals surface area (Å²) in [5.74, 6) is 1.02. The first-order chi connectivity index (χ1) is 8.08. The van der Waals surface area contributed by atoms with E-state index in [0.29, 0.717) is 0 Å². The second kappa shape index (κ2) is 3.78. The van der Waals surface area contributed by atoms with Gasteiger partial charge in [0.2, 0.25) is 0 Å². The van der Waals surface area contributed by atoms with E-state index in [0.717, 1.165) is 38.3 Å². The molecule has 0 amide bonds. The molecule has 2 aliphatic rings. The van der Waals surface area contributed by atoms with Crippen LogP contribution < -0.4 is 0 Å². The normalized spacial score (nSPS) is 32.6. The fourth-order valence-electron chi connectivity index (χ4n) is 3.10. The number of aliphatic hydroxyl groups excluding tert-OH is 1. The summed E-state index contributed by atoms with van der Waals surface area (Å²) in [6, 6.07) is 0.287. The lowest BCUT2D eigenvalue weighted by molar-refractivity contribution is 0.00475. The van der Waals surface area contributed by atoms with Gasteiger partial charge in [0.1, 0.15) is 12.2 Å². The predicted octanol–water partition coefficient (Wildman–Crippen LogP) is 0.643. The standard InChI is InChI=1S/C12H20N4O/c1-12(2)4-3-9(11(12)17)15-5-6-16-8-13-14-10(16)7-15/h8-9,11,17H,3-7H2,1-2H3. The maximum absolute atomic E-state index is 10.4. The van der Waals surface area contributed by atoms with Gasteiger partial charge in [-0.05, 0) is 18.3 Å². The highest BCUT2D eigenvalue weighted by atomic mass is 16.3. The average molecular weight is 236 g/mol. The SMILES string of the molecule is CC1(C)CCC(N2CCn3cnnc3C2)C1O. The molecule has 5 nitrogen and oxygen atoms in total. The number of nitrogens with zero attached hydrogens (tertiary/aromatic N) is 4. The van der Waals surface area contributed by atoms with Crippen molar-refractivity contribution in [2.24, 2.45) is 5.41 Å². The Balaban J connectivity index is 1.76. The molecule has 0 saturated heterocycles. The molecule has 1 aliphatic heterocycles.